The molecule has 0 radical (unpaired) electrons. The number of amides is 2. The number of aryl methyl sites for hydroxylation is 2. The average Bonchev–Trinajstić information content (AvgIpc) is 3.18. The van der Waals surface area contributed by atoms with Gasteiger partial charge in [0.25, 0.3) is 5.91 Å². The van der Waals surface area contributed by atoms with E-state index in [1.807, 2.05) is 11.8 Å². The number of anilines is 1. The van der Waals surface area contributed by atoms with Gasteiger partial charge in [0.15, 0.2) is 0 Å². The number of nitrogens with one attached hydrogen (secondary N) is 1. The first-order chi connectivity index (χ1) is 16.4. The minimum atomic E-state index is -0.580. The molecule has 10 heteroatoms. The summed E-state index contributed by atoms with van der Waals surface area (Å²) in [5.41, 5.74) is 2.73. The van der Waals surface area contributed by atoms with Crippen molar-refractivity contribution in [2.24, 2.45) is 7.05 Å². The molecule has 1 saturated heterocycles. The van der Waals surface area contributed by atoms with Crippen LogP contribution in [-0.4, -0.2) is 75.2 Å². The molecule has 1 N–H and O–H groups in total. The molecule has 0 unspecified atom stereocenters. The van der Waals surface area contributed by atoms with E-state index in [9.17, 15) is 14.0 Å². The zero-order valence-electron chi connectivity index (χ0n) is 19.0. The van der Waals surface area contributed by atoms with Crippen LogP contribution in [0.25, 0.3) is 11.1 Å². The van der Waals surface area contributed by atoms with Crippen LogP contribution in [0.15, 0.2) is 42.6 Å². The summed E-state index contributed by atoms with van der Waals surface area (Å²) in [4.78, 5) is 33.4. The lowest BCUT2D eigenvalue weighted by atomic mass is 10.1. The lowest BCUT2D eigenvalue weighted by molar-refractivity contribution is -0.118. The molecule has 9 nitrogen and oxygen atoms in total. The number of piperazine rings is 1. The van der Waals surface area contributed by atoms with Crippen molar-refractivity contribution in [1.29, 1.82) is 0 Å². The highest BCUT2D eigenvalue weighted by molar-refractivity contribution is 5.95. The number of benzene rings is 1. The van der Waals surface area contributed by atoms with E-state index in [0.29, 0.717) is 54.5 Å². The zero-order chi connectivity index (χ0) is 23.8. The monoisotopic (exact) mass is 464 g/mol. The number of rotatable bonds is 2. The summed E-state index contributed by atoms with van der Waals surface area (Å²) in [6.45, 7) is 3.81. The number of pyridine rings is 1. The van der Waals surface area contributed by atoms with Crippen LogP contribution in [0.4, 0.5) is 10.1 Å². The Morgan fingerprint density at radius 3 is 2.85 bits per heavy atom. The van der Waals surface area contributed by atoms with Gasteiger partial charge in [0, 0.05) is 38.4 Å². The fourth-order valence-corrected chi connectivity index (χ4v) is 4.50. The summed E-state index contributed by atoms with van der Waals surface area (Å²) >= 11 is 0. The predicted molar refractivity (Wildman–Crippen MR) is 123 cm³/mol. The molecule has 1 aromatic carbocycles. The highest BCUT2D eigenvalue weighted by atomic mass is 19.1. The van der Waals surface area contributed by atoms with Crippen LogP contribution in [0.3, 0.4) is 0 Å². The van der Waals surface area contributed by atoms with E-state index in [1.54, 1.807) is 53.0 Å². The van der Waals surface area contributed by atoms with Gasteiger partial charge in [-0.05, 0) is 42.8 Å². The molecule has 2 aliphatic heterocycles. The second kappa shape index (κ2) is 8.86. The lowest BCUT2D eigenvalue weighted by Gasteiger charge is -2.40. The lowest BCUT2D eigenvalue weighted by Crippen LogP contribution is -2.58. The van der Waals surface area contributed by atoms with Gasteiger partial charge in [0.2, 0.25) is 11.9 Å². The molecule has 0 spiro atoms. The molecule has 3 aromatic rings. The van der Waals surface area contributed by atoms with Crippen LogP contribution >= 0.6 is 0 Å². The fraction of sp³-hybridized carbons (Fsp3) is 0.333. The number of hydrogen-bond donors (Lipinski definition) is 1. The van der Waals surface area contributed by atoms with Gasteiger partial charge in [-0.15, -0.1) is 0 Å². The Bertz CT molecular complexity index is 1260. The van der Waals surface area contributed by atoms with Gasteiger partial charge in [-0.25, -0.2) is 4.98 Å². The Morgan fingerprint density at radius 2 is 2.09 bits per heavy atom. The van der Waals surface area contributed by atoms with Crippen molar-refractivity contribution < 1.29 is 18.7 Å². The molecule has 0 bridgehead atoms. The van der Waals surface area contributed by atoms with E-state index in [2.05, 4.69) is 15.4 Å². The first kappa shape index (κ1) is 22.0. The summed E-state index contributed by atoms with van der Waals surface area (Å²) in [6, 6.07) is 10.1. The summed E-state index contributed by atoms with van der Waals surface area (Å²) in [5, 5.41) is 7.17. The molecule has 4 heterocycles. The van der Waals surface area contributed by atoms with Crippen LogP contribution in [0, 0.1) is 12.9 Å². The summed E-state index contributed by atoms with van der Waals surface area (Å²) < 4.78 is 21.9. The number of ether oxygens (including phenoxy) is 1. The van der Waals surface area contributed by atoms with E-state index in [0.717, 1.165) is 5.69 Å². The van der Waals surface area contributed by atoms with Gasteiger partial charge in [-0.3, -0.25) is 19.2 Å². The maximum atomic E-state index is 14.2. The molecule has 2 aliphatic rings. The fourth-order valence-electron chi connectivity index (χ4n) is 4.50. The molecule has 34 heavy (non-hydrogen) atoms. The second-order valence-electron chi connectivity index (χ2n) is 8.58. The number of halogens is 1. The van der Waals surface area contributed by atoms with Crippen molar-refractivity contribution in [2.45, 2.75) is 13.0 Å². The van der Waals surface area contributed by atoms with E-state index < -0.39 is 5.95 Å². The van der Waals surface area contributed by atoms with Crippen LogP contribution in [0.5, 0.6) is 5.75 Å². The highest BCUT2D eigenvalue weighted by Gasteiger charge is 2.33. The molecule has 5 rings (SSSR count). The minimum absolute atomic E-state index is 0.0874. The van der Waals surface area contributed by atoms with E-state index in [1.165, 1.54) is 6.20 Å². The Morgan fingerprint density at radius 1 is 1.24 bits per heavy atom. The second-order valence-corrected chi connectivity index (χ2v) is 8.58. The third-order valence-corrected chi connectivity index (χ3v) is 6.21. The van der Waals surface area contributed by atoms with E-state index in [4.69, 9.17) is 4.74 Å². The molecule has 2 amide bonds. The number of aromatic nitrogens is 3. The van der Waals surface area contributed by atoms with Crippen LogP contribution < -0.4 is 10.1 Å². The summed E-state index contributed by atoms with van der Waals surface area (Å²) in [5.74, 6) is -0.365. The number of carbonyl (C=O) groups excluding carboxylic acids is 2. The number of hydrogen-bond acceptors (Lipinski definition) is 6. The van der Waals surface area contributed by atoms with Crippen molar-refractivity contribution in [2.75, 3.05) is 38.1 Å². The quantitative estimate of drug-likeness (QED) is 0.584. The van der Waals surface area contributed by atoms with Crippen molar-refractivity contribution >= 4 is 17.5 Å². The SMILES string of the molecule is Cc1cc(C(=O)N2CCN3CC(=O)Nc4cc(-c5cccnc5F)ccc4OC[C@H]3C2)n(C)n1. The first-order valence-corrected chi connectivity index (χ1v) is 11.1. The minimum Gasteiger partial charge on any atom is -0.490 e. The summed E-state index contributed by atoms with van der Waals surface area (Å²) in [7, 11) is 1.76. The third-order valence-electron chi connectivity index (χ3n) is 6.21. The first-order valence-electron chi connectivity index (χ1n) is 11.1. The van der Waals surface area contributed by atoms with Gasteiger partial charge in [-0.2, -0.15) is 9.49 Å². The number of carbonyl (C=O) groups is 2. The predicted octanol–water partition coefficient (Wildman–Crippen LogP) is 2.09. The van der Waals surface area contributed by atoms with Gasteiger partial charge in [0.1, 0.15) is 18.1 Å². The van der Waals surface area contributed by atoms with Gasteiger partial charge >= 0.3 is 0 Å². The average molecular weight is 465 g/mol. The van der Waals surface area contributed by atoms with Crippen molar-refractivity contribution in [3.05, 3.63) is 59.9 Å². The number of fused-ring (bicyclic) bond motifs is 2. The van der Waals surface area contributed by atoms with Crippen molar-refractivity contribution in [3.63, 3.8) is 0 Å². The Hall–Kier alpha value is -3.79. The molecular weight excluding hydrogens is 439 g/mol. The van der Waals surface area contributed by atoms with Gasteiger partial charge in [-0.1, -0.05) is 6.07 Å². The molecule has 2 aromatic heterocycles. The van der Waals surface area contributed by atoms with Crippen LogP contribution in [0.1, 0.15) is 16.2 Å². The molecule has 176 valence electrons. The Labute approximate surface area is 196 Å². The van der Waals surface area contributed by atoms with Crippen molar-refractivity contribution in [3.8, 4) is 16.9 Å². The normalized spacial score (nSPS) is 18.6. The topological polar surface area (TPSA) is 92.6 Å². The standard InChI is InChI=1S/C24H25FN6O3/c1-15-10-20(29(2)28-15)24(33)31-9-8-30-13-22(32)27-19-11-16(18-4-3-7-26-23(18)25)5-6-21(19)34-14-17(30)12-31/h3-7,10-11,17H,8-9,12-14H2,1-2H3,(H,27,32)/t17-/m1/s1. The van der Waals surface area contributed by atoms with Crippen molar-refractivity contribution in [1.82, 2.24) is 24.6 Å². The van der Waals surface area contributed by atoms with Gasteiger partial charge in [0.05, 0.1) is 24.0 Å². The maximum absolute atomic E-state index is 14.2. The molecule has 0 aliphatic carbocycles. The largest absolute Gasteiger partial charge is 0.490 e. The molecule has 0 saturated carbocycles. The zero-order valence-corrected chi connectivity index (χ0v) is 19.0. The van der Waals surface area contributed by atoms with E-state index >= 15 is 0 Å². The Balaban J connectivity index is 1.37. The van der Waals surface area contributed by atoms with Gasteiger partial charge < -0.3 is 15.0 Å². The Kier molecular flexibility index (Phi) is 5.74. The molecule has 1 fully saturated rings. The molecule has 1 atom stereocenters. The molecular formula is C24H25FN6O3. The summed E-state index contributed by atoms with van der Waals surface area (Å²) in [6.07, 6.45) is 1.39. The number of nitrogens with zero attached hydrogens (tertiary/aromatic N) is 5. The van der Waals surface area contributed by atoms with Crippen LogP contribution in [-0.2, 0) is 11.8 Å². The van der Waals surface area contributed by atoms with E-state index in [-0.39, 0.29) is 24.4 Å². The van der Waals surface area contributed by atoms with Crippen LogP contribution in [0.2, 0.25) is 0 Å². The maximum Gasteiger partial charge on any atom is 0.272 e. The highest BCUT2D eigenvalue weighted by Crippen LogP contribution is 2.32. The smallest absolute Gasteiger partial charge is 0.272 e. The third kappa shape index (κ3) is 4.24.